The fraction of sp³-hybridized carbons (Fsp3) is 0.500. The molecule has 0 atom stereocenters. The van der Waals surface area contributed by atoms with Crippen molar-refractivity contribution in [1.29, 1.82) is 0 Å². The van der Waals surface area contributed by atoms with Gasteiger partial charge in [0.05, 0.1) is 12.8 Å². The van der Waals surface area contributed by atoms with Crippen LogP contribution in [0.25, 0.3) is 0 Å². The van der Waals surface area contributed by atoms with E-state index in [1.54, 1.807) is 39.0 Å². The molecule has 0 saturated carbocycles. The Kier molecular flexibility index (Phi) is 4.35. The summed E-state index contributed by atoms with van der Waals surface area (Å²) >= 11 is 0. The molecule has 8 heteroatoms. The van der Waals surface area contributed by atoms with Crippen LogP contribution in [0.15, 0.2) is 18.2 Å². The van der Waals surface area contributed by atoms with E-state index in [1.807, 2.05) is 0 Å². The van der Waals surface area contributed by atoms with Crippen molar-refractivity contribution in [1.82, 2.24) is 4.31 Å². The minimum absolute atomic E-state index is 0.151. The number of rotatable bonds is 4. The molecule has 0 aromatic heterocycles. The van der Waals surface area contributed by atoms with Crippen LogP contribution >= 0.6 is 0 Å². The van der Waals surface area contributed by atoms with Crippen molar-refractivity contribution in [3.8, 4) is 11.5 Å². The van der Waals surface area contributed by atoms with Crippen molar-refractivity contribution in [3.63, 3.8) is 0 Å². The third-order valence-electron chi connectivity index (χ3n) is 3.09. The predicted molar refractivity (Wildman–Crippen MR) is 82.5 cm³/mol. The van der Waals surface area contributed by atoms with Crippen molar-refractivity contribution in [3.05, 3.63) is 18.2 Å². The third-order valence-corrected chi connectivity index (χ3v) is 4.57. The molecule has 0 spiro atoms. The number of carbonyl (C=O) groups is 1. The molecule has 1 aliphatic rings. The maximum atomic E-state index is 12.1. The molecule has 1 N–H and O–H groups in total. The van der Waals surface area contributed by atoms with Crippen LogP contribution in [0.3, 0.4) is 0 Å². The molecular weight excluding hydrogens is 308 g/mol. The number of carbonyl (C=O) groups excluding carboxylic acids is 1. The van der Waals surface area contributed by atoms with Gasteiger partial charge in [0.2, 0.25) is 22.7 Å². The molecule has 1 heterocycles. The topological polar surface area (TPSA) is 84.9 Å². The van der Waals surface area contributed by atoms with Crippen molar-refractivity contribution in [2.24, 2.45) is 0 Å². The zero-order chi connectivity index (χ0) is 16.5. The highest BCUT2D eigenvalue weighted by molar-refractivity contribution is 7.88. The smallest absolute Gasteiger partial charge is 0.239 e. The first kappa shape index (κ1) is 16.6. The van der Waals surface area contributed by atoms with Crippen LogP contribution in [0.1, 0.15) is 20.8 Å². The van der Waals surface area contributed by atoms with Crippen LogP contribution in [-0.4, -0.2) is 43.8 Å². The summed E-state index contributed by atoms with van der Waals surface area (Å²) in [7, 11) is -3.49. The van der Waals surface area contributed by atoms with Gasteiger partial charge < -0.3 is 14.8 Å². The Morgan fingerprint density at radius 2 is 1.91 bits per heavy atom. The van der Waals surface area contributed by atoms with Crippen LogP contribution in [-0.2, 0) is 14.8 Å². The molecule has 0 saturated heterocycles. The molecule has 0 bridgehead atoms. The molecule has 7 nitrogen and oxygen atoms in total. The quantitative estimate of drug-likeness (QED) is 0.903. The summed E-state index contributed by atoms with van der Waals surface area (Å²) in [6, 6.07) is 5.01. The zero-order valence-corrected chi connectivity index (χ0v) is 13.9. The number of fused-ring (bicyclic) bond motifs is 1. The summed E-state index contributed by atoms with van der Waals surface area (Å²) in [5.41, 5.74) is -0.156. The van der Waals surface area contributed by atoms with E-state index >= 15 is 0 Å². The number of ether oxygens (including phenoxy) is 2. The van der Waals surface area contributed by atoms with Gasteiger partial charge in [-0.05, 0) is 32.9 Å². The average molecular weight is 328 g/mol. The van der Waals surface area contributed by atoms with Crippen LogP contribution in [0.4, 0.5) is 5.69 Å². The number of sulfonamides is 1. The van der Waals surface area contributed by atoms with E-state index in [2.05, 4.69) is 5.32 Å². The molecule has 0 fully saturated rings. The van der Waals surface area contributed by atoms with Gasteiger partial charge >= 0.3 is 0 Å². The summed E-state index contributed by atoms with van der Waals surface area (Å²) in [4.78, 5) is 12.1. The lowest BCUT2D eigenvalue weighted by Gasteiger charge is -2.32. The molecule has 0 radical (unpaired) electrons. The molecule has 22 heavy (non-hydrogen) atoms. The van der Waals surface area contributed by atoms with Crippen LogP contribution < -0.4 is 14.8 Å². The van der Waals surface area contributed by atoms with Gasteiger partial charge in [-0.25, -0.2) is 8.42 Å². The Bertz CT molecular complexity index is 679. The SMILES string of the molecule is CC(C)(C)N(CC(=O)Nc1ccc2c(c1)OCO2)S(C)(=O)=O. The molecule has 2 rings (SSSR count). The summed E-state index contributed by atoms with van der Waals surface area (Å²) in [5.74, 6) is 0.748. The lowest BCUT2D eigenvalue weighted by Crippen LogP contribution is -2.48. The van der Waals surface area contributed by atoms with E-state index in [0.29, 0.717) is 17.2 Å². The standard InChI is InChI=1S/C14H20N2O5S/c1-14(2,3)16(22(4,18)19)8-13(17)15-10-5-6-11-12(7-10)21-9-20-11/h5-7H,8-9H2,1-4H3,(H,15,17). The van der Waals surface area contributed by atoms with Gasteiger partial charge in [0.15, 0.2) is 11.5 Å². The number of nitrogens with one attached hydrogen (secondary N) is 1. The number of hydrogen-bond acceptors (Lipinski definition) is 5. The molecule has 122 valence electrons. The Morgan fingerprint density at radius 3 is 2.50 bits per heavy atom. The molecule has 1 aliphatic heterocycles. The summed E-state index contributed by atoms with van der Waals surface area (Å²) in [6.07, 6.45) is 1.09. The first-order valence-corrected chi connectivity index (χ1v) is 8.59. The number of nitrogens with zero attached hydrogens (tertiary/aromatic N) is 1. The summed E-state index contributed by atoms with van der Waals surface area (Å²) < 4.78 is 35.2. The highest BCUT2D eigenvalue weighted by Gasteiger charge is 2.31. The van der Waals surface area contributed by atoms with Crippen molar-refractivity contribution >= 4 is 21.6 Å². The zero-order valence-electron chi connectivity index (χ0n) is 13.0. The predicted octanol–water partition coefficient (Wildman–Crippen LogP) is 1.41. The first-order chi connectivity index (χ1) is 10.1. The lowest BCUT2D eigenvalue weighted by molar-refractivity contribution is -0.117. The van der Waals surface area contributed by atoms with Crippen molar-refractivity contribution in [2.45, 2.75) is 26.3 Å². The first-order valence-electron chi connectivity index (χ1n) is 6.75. The second-order valence-electron chi connectivity index (χ2n) is 6.06. The number of hydrogen-bond donors (Lipinski definition) is 1. The van der Waals surface area contributed by atoms with Crippen LogP contribution in [0.5, 0.6) is 11.5 Å². The number of amides is 1. The molecule has 1 aromatic rings. The van der Waals surface area contributed by atoms with Gasteiger partial charge in [-0.3, -0.25) is 4.79 Å². The largest absolute Gasteiger partial charge is 0.454 e. The molecule has 0 aliphatic carbocycles. The third kappa shape index (κ3) is 3.89. The van der Waals surface area contributed by atoms with Gasteiger partial charge in [0.25, 0.3) is 0 Å². The van der Waals surface area contributed by atoms with Crippen LogP contribution in [0, 0.1) is 0 Å². The van der Waals surface area contributed by atoms with E-state index in [4.69, 9.17) is 9.47 Å². The minimum atomic E-state index is -3.49. The molecular formula is C14H20N2O5S. The van der Waals surface area contributed by atoms with Gasteiger partial charge in [-0.1, -0.05) is 0 Å². The van der Waals surface area contributed by atoms with E-state index in [1.165, 1.54) is 0 Å². The van der Waals surface area contributed by atoms with Crippen molar-refractivity contribution < 1.29 is 22.7 Å². The maximum absolute atomic E-state index is 12.1. The fourth-order valence-electron chi connectivity index (χ4n) is 2.16. The number of anilines is 1. The fourth-order valence-corrected chi connectivity index (χ4v) is 3.50. The van der Waals surface area contributed by atoms with E-state index in [0.717, 1.165) is 10.6 Å². The normalized spacial score (nSPS) is 14.2. The van der Waals surface area contributed by atoms with E-state index in [9.17, 15) is 13.2 Å². The second kappa shape index (κ2) is 5.77. The maximum Gasteiger partial charge on any atom is 0.239 e. The number of benzene rings is 1. The van der Waals surface area contributed by atoms with Gasteiger partial charge in [0, 0.05) is 17.3 Å². The van der Waals surface area contributed by atoms with Crippen molar-refractivity contribution in [2.75, 3.05) is 24.9 Å². The highest BCUT2D eigenvalue weighted by Crippen LogP contribution is 2.34. The highest BCUT2D eigenvalue weighted by atomic mass is 32.2. The van der Waals surface area contributed by atoms with Gasteiger partial charge in [-0.15, -0.1) is 0 Å². The Balaban J connectivity index is 2.09. The Labute approximate surface area is 130 Å². The molecule has 1 amide bonds. The monoisotopic (exact) mass is 328 g/mol. The van der Waals surface area contributed by atoms with E-state index < -0.39 is 21.5 Å². The second-order valence-corrected chi connectivity index (χ2v) is 7.96. The summed E-state index contributed by atoms with van der Waals surface area (Å²) in [5, 5.41) is 2.67. The minimum Gasteiger partial charge on any atom is -0.454 e. The Morgan fingerprint density at radius 1 is 1.27 bits per heavy atom. The van der Waals surface area contributed by atoms with Crippen LogP contribution in [0.2, 0.25) is 0 Å². The molecule has 0 unspecified atom stereocenters. The lowest BCUT2D eigenvalue weighted by atomic mass is 10.1. The molecule has 1 aromatic carbocycles. The Hall–Kier alpha value is -1.80. The van der Waals surface area contributed by atoms with E-state index in [-0.39, 0.29) is 13.3 Å². The average Bonchev–Trinajstić information content (AvgIpc) is 2.80. The van der Waals surface area contributed by atoms with Gasteiger partial charge in [-0.2, -0.15) is 4.31 Å². The summed E-state index contributed by atoms with van der Waals surface area (Å²) in [6.45, 7) is 5.11. The van der Waals surface area contributed by atoms with Gasteiger partial charge in [0.1, 0.15) is 0 Å².